The first-order valence-corrected chi connectivity index (χ1v) is 6.88. The number of benzene rings is 1. The van der Waals surface area contributed by atoms with E-state index in [1.807, 2.05) is 30.3 Å². The Morgan fingerprint density at radius 1 is 1.32 bits per heavy atom. The summed E-state index contributed by atoms with van der Waals surface area (Å²) in [4.78, 5) is 16.5. The summed E-state index contributed by atoms with van der Waals surface area (Å²) in [7, 11) is 0. The zero-order chi connectivity index (χ0) is 13.1. The molecule has 0 radical (unpaired) electrons. The first kappa shape index (κ1) is 12.0. The molecule has 0 saturated carbocycles. The molecule has 0 fully saturated rings. The summed E-state index contributed by atoms with van der Waals surface area (Å²) in [5, 5.41) is 10.2. The SMILES string of the molecule is O=C(Nc1ccn[nH]1)C1CSC(c2ccccc2)=N1. The number of anilines is 1. The van der Waals surface area contributed by atoms with E-state index in [1.54, 1.807) is 24.0 Å². The number of thioether (sulfide) groups is 1. The van der Waals surface area contributed by atoms with Crippen molar-refractivity contribution < 1.29 is 4.79 Å². The van der Waals surface area contributed by atoms with Crippen LogP contribution in [0.2, 0.25) is 0 Å². The Kier molecular flexibility index (Phi) is 3.33. The Bertz CT molecular complexity index is 594. The maximum absolute atomic E-state index is 12.0. The van der Waals surface area contributed by atoms with Gasteiger partial charge in [-0.25, -0.2) is 0 Å². The molecule has 2 N–H and O–H groups in total. The van der Waals surface area contributed by atoms with Crippen molar-refractivity contribution in [1.82, 2.24) is 10.2 Å². The van der Waals surface area contributed by atoms with Crippen LogP contribution in [-0.4, -0.2) is 32.9 Å². The van der Waals surface area contributed by atoms with Crippen molar-refractivity contribution >= 4 is 28.5 Å². The van der Waals surface area contributed by atoms with E-state index in [-0.39, 0.29) is 11.9 Å². The van der Waals surface area contributed by atoms with Crippen LogP contribution >= 0.6 is 11.8 Å². The van der Waals surface area contributed by atoms with Gasteiger partial charge in [-0.3, -0.25) is 14.9 Å². The molecule has 3 rings (SSSR count). The third-order valence-corrected chi connectivity index (χ3v) is 3.83. The fourth-order valence-electron chi connectivity index (χ4n) is 1.79. The van der Waals surface area contributed by atoms with E-state index in [9.17, 15) is 4.79 Å². The van der Waals surface area contributed by atoms with Gasteiger partial charge >= 0.3 is 0 Å². The van der Waals surface area contributed by atoms with Crippen LogP contribution in [0.1, 0.15) is 5.56 Å². The van der Waals surface area contributed by atoms with Crippen LogP contribution in [0, 0.1) is 0 Å². The summed E-state index contributed by atoms with van der Waals surface area (Å²) in [5.41, 5.74) is 1.06. The average molecular weight is 272 g/mol. The lowest BCUT2D eigenvalue weighted by atomic mass is 10.2. The average Bonchev–Trinajstić information content (AvgIpc) is 3.10. The van der Waals surface area contributed by atoms with E-state index in [4.69, 9.17) is 0 Å². The van der Waals surface area contributed by atoms with Gasteiger partial charge in [-0.2, -0.15) is 5.10 Å². The van der Waals surface area contributed by atoms with Gasteiger partial charge in [-0.1, -0.05) is 30.3 Å². The molecule has 1 aromatic carbocycles. The molecule has 1 unspecified atom stereocenters. The molecule has 1 aromatic heterocycles. The molecule has 0 aliphatic carbocycles. The molecule has 0 bridgehead atoms. The minimum absolute atomic E-state index is 0.109. The number of H-pyrrole nitrogens is 1. The first-order chi connectivity index (χ1) is 9.33. The van der Waals surface area contributed by atoms with Crippen LogP contribution in [0.5, 0.6) is 0 Å². The van der Waals surface area contributed by atoms with E-state index in [1.165, 1.54) is 0 Å². The van der Waals surface area contributed by atoms with Gasteiger partial charge in [0.1, 0.15) is 11.9 Å². The summed E-state index contributed by atoms with van der Waals surface area (Å²) in [6, 6.07) is 11.3. The molecule has 0 spiro atoms. The molecule has 5 nitrogen and oxygen atoms in total. The van der Waals surface area contributed by atoms with Gasteiger partial charge in [0.25, 0.3) is 5.91 Å². The number of carbonyl (C=O) groups is 1. The van der Waals surface area contributed by atoms with Gasteiger partial charge in [0.15, 0.2) is 0 Å². The Labute approximate surface area is 114 Å². The van der Waals surface area contributed by atoms with Crippen LogP contribution in [0.15, 0.2) is 47.6 Å². The largest absolute Gasteiger partial charge is 0.309 e. The molecule has 1 atom stereocenters. The fourth-order valence-corrected chi connectivity index (χ4v) is 2.83. The summed E-state index contributed by atoms with van der Waals surface area (Å²) in [5.74, 6) is 1.16. The highest BCUT2D eigenvalue weighted by atomic mass is 32.2. The lowest BCUT2D eigenvalue weighted by molar-refractivity contribution is -0.116. The second-order valence-electron chi connectivity index (χ2n) is 4.09. The Balaban J connectivity index is 1.71. The fraction of sp³-hybridized carbons (Fsp3) is 0.154. The van der Waals surface area contributed by atoms with Crippen molar-refractivity contribution in [2.45, 2.75) is 6.04 Å². The van der Waals surface area contributed by atoms with E-state index in [0.29, 0.717) is 11.6 Å². The molecule has 0 saturated heterocycles. The molecule has 19 heavy (non-hydrogen) atoms. The number of aromatic amines is 1. The highest BCUT2D eigenvalue weighted by molar-refractivity contribution is 8.14. The van der Waals surface area contributed by atoms with E-state index >= 15 is 0 Å². The van der Waals surface area contributed by atoms with Crippen molar-refractivity contribution in [1.29, 1.82) is 0 Å². The van der Waals surface area contributed by atoms with Crippen LogP contribution < -0.4 is 5.32 Å². The molecule has 2 aromatic rings. The molecule has 1 aliphatic rings. The van der Waals surface area contributed by atoms with Crippen LogP contribution in [0.4, 0.5) is 5.82 Å². The summed E-state index contributed by atoms with van der Waals surface area (Å²) in [6.07, 6.45) is 1.59. The Morgan fingerprint density at radius 2 is 2.16 bits per heavy atom. The normalized spacial score (nSPS) is 18.1. The highest BCUT2D eigenvalue weighted by Gasteiger charge is 2.25. The van der Waals surface area contributed by atoms with Crippen LogP contribution in [0.25, 0.3) is 0 Å². The van der Waals surface area contributed by atoms with Gasteiger partial charge in [-0.15, -0.1) is 11.8 Å². The summed E-state index contributed by atoms with van der Waals surface area (Å²) >= 11 is 1.61. The number of hydrogen-bond donors (Lipinski definition) is 2. The summed E-state index contributed by atoms with van der Waals surface area (Å²) in [6.45, 7) is 0. The number of carbonyl (C=O) groups excluding carboxylic acids is 1. The molecular formula is C13H12N4OS. The number of hydrogen-bond acceptors (Lipinski definition) is 4. The lowest BCUT2D eigenvalue weighted by Gasteiger charge is -2.05. The zero-order valence-corrected chi connectivity index (χ0v) is 10.9. The standard InChI is InChI=1S/C13H12N4OS/c18-12(16-11-6-7-14-17-11)10-8-19-13(15-10)9-4-2-1-3-5-9/h1-7,10H,8H2,(H2,14,16,17,18). The smallest absolute Gasteiger partial charge is 0.251 e. The molecular weight excluding hydrogens is 260 g/mol. The molecule has 6 heteroatoms. The second kappa shape index (κ2) is 5.27. The van der Waals surface area contributed by atoms with Crippen molar-refractivity contribution in [3.8, 4) is 0 Å². The maximum atomic E-state index is 12.0. The van der Waals surface area contributed by atoms with E-state index < -0.39 is 0 Å². The maximum Gasteiger partial charge on any atom is 0.251 e. The quantitative estimate of drug-likeness (QED) is 0.896. The van der Waals surface area contributed by atoms with Crippen molar-refractivity contribution in [3.63, 3.8) is 0 Å². The number of amides is 1. The predicted octanol–water partition coefficient (Wildman–Crippen LogP) is 1.91. The first-order valence-electron chi connectivity index (χ1n) is 5.89. The van der Waals surface area contributed by atoms with Gasteiger partial charge in [-0.05, 0) is 0 Å². The van der Waals surface area contributed by atoms with Crippen LogP contribution in [0.3, 0.4) is 0 Å². The molecule has 1 aliphatic heterocycles. The van der Waals surface area contributed by atoms with Gasteiger partial charge in [0.2, 0.25) is 0 Å². The lowest BCUT2D eigenvalue weighted by Crippen LogP contribution is -2.26. The van der Waals surface area contributed by atoms with E-state index in [0.717, 1.165) is 10.6 Å². The minimum atomic E-state index is -0.344. The summed E-state index contributed by atoms with van der Waals surface area (Å²) < 4.78 is 0. The third-order valence-electron chi connectivity index (χ3n) is 2.73. The predicted molar refractivity (Wildman–Crippen MR) is 76.4 cm³/mol. The third kappa shape index (κ3) is 2.68. The Hall–Kier alpha value is -2.08. The van der Waals surface area contributed by atoms with Crippen LogP contribution in [-0.2, 0) is 4.79 Å². The molecule has 2 heterocycles. The number of aromatic nitrogens is 2. The number of aliphatic imine (C=N–C) groups is 1. The molecule has 96 valence electrons. The van der Waals surface area contributed by atoms with E-state index in [2.05, 4.69) is 20.5 Å². The Morgan fingerprint density at radius 3 is 2.89 bits per heavy atom. The topological polar surface area (TPSA) is 70.1 Å². The van der Waals surface area contributed by atoms with Gasteiger partial charge < -0.3 is 5.32 Å². The zero-order valence-electron chi connectivity index (χ0n) is 10.0. The highest BCUT2D eigenvalue weighted by Crippen LogP contribution is 2.23. The molecule has 1 amide bonds. The number of nitrogens with one attached hydrogen (secondary N) is 2. The monoisotopic (exact) mass is 272 g/mol. The van der Waals surface area contributed by atoms with Gasteiger partial charge in [0, 0.05) is 17.4 Å². The second-order valence-corrected chi connectivity index (χ2v) is 5.10. The minimum Gasteiger partial charge on any atom is -0.309 e. The van der Waals surface area contributed by atoms with Crippen molar-refractivity contribution in [2.75, 3.05) is 11.1 Å². The van der Waals surface area contributed by atoms with Crippen molar-refractivity contribution in [2.24, 2.45) is 4.99 Å². The number of rotatable bonds is 3. The number of nitrogens with zero attached hydrogens (tertiary/aromatic N) is 2. The van der Waals surface area contributed by atoms with Gasteiger partial charge in [0.05, 0.1) is 11.2 Å². The van der Waals surface area contributed by atoms with Crippen molar-refractivity contribution in [3.05, 3.63) is 48.2 Å².